The fourth-order valence-corrected chi connectivity index (χ4v) is 3.76. The molecule has 0 spiro atoms. The highest BCUT2D eigenvalue weighted by atomic mass is 19.3. The molecule has 34 heavy (non-hydrogen) atoms. The van der Waals surface area contributed by atoms with Crippen molar-refractivity contribution < 1.29 is 31.4 Å². The van der Waals surface area contributed by atoms with E-state index in [9.17, 15) is 22.0 Å². The SMILES string of the molecule is CCCc1ccc(CCCOc2ccc(-c3ccc(OCC)c(F)c3F)c(C(F)F)c2F)cc1. The molecule has 0 atom stereocenters. The minimum absolute atomic E-state index is 0.100. The van der Waals surface area contributed by atoms with Gasteiger partial charge in [0.1, 0.15) is 0 Å². The summed E-state index contributed by atoms with van der Waals surface area (Å²) >= 11 is 0. The third-order valence-electron chi connectivity index (χ3n) is 5.43. The summed E-state index contributed by atoms with van der Waals surface area (Å²) in [5, 5.41) is 0. The van der Waals surface area contributed by atoms with Crippen LogP contribution < -0.4 is 9.47 Å². The van der Waals surface area contributed by atoms with Crippen LogP contribution in [-0.4, -0.2) is 13.2 Å². The van der Waals surface area contributed by atoms with Crippen molar-refractivity contribution >= 4 is 0 Å². The van der Waals surface area contributed by atoms with Crippen molar-refractivity contribution in [1.82, 2.24) is 0 Å². The fraction of sp³-hybridized carbons (Fsp3) is 0.333. The zero-order chi connectivity index (χ0) is 24.7. The predicted octanol–water partition coefficient (Wildman–Crippen LogP) is 8.07. The molecule has 0 saturated carbocycles. The number of ether oxygens (including phenoxy) is 2. The van der Waals surface area contributed by atoms with E-state index in [0.717, 1.165) is 42.7 Å². The zero-order valence-corrected chi connectivity index (χ0v) is 19.1. The Kier molecular flexibility index (Phi) is 8.91. The molecule has 2 nitrogen and oxygen atoms in total. The molecule has 0 aliphatic carbocycles. The number of rotatable bonds is 11. The zero-order valence-electron chi connectivity index (χ0n) is 19.1. The first-order chi connectivity index (χ1) is 16.4. The van der Waals surface area contributed by atoms with Crippen LogP contribution >= 0.6 is 0 Å². The average Bonchev–Trinajstić information content (AvgIpc) is 2.82. The van der Waals surface area contributed by atoms with Gasteiger partial charge in [-0.2, -0.15) is 4.39 Å². The maximum Gasteiger partial charge on any atom is 0.267 e. The molecule has 0 amide bonds. The molecule has 7 heteroatoms. The minimum atomic E-state index is -3.26. The van der Waals surface area contributed by atoms with Gasteiger partial charge in [0.15, 0.2) is 23.1 Å². The first-order valence-electron chi connectivity index (χ1n) is 11.3. The van der Waals surface area contributed by atoms with Crippen LogP contribution in [0.15, 0.2) is 48.5 Å². The third kappa shape index (κ3) is 5.88. The molecule has 0 radical (unpaired) electrons. The summed E-state index contributed by atoms with van der Waals surface area (Å²) in [5.41, 5.74) is 0.403. The van der Waals surface area contributed by atoms with Gasteiger partial charge in [0, 0.05) is 5.56 Å². The lowest BCUT2D eigenvalue weighted by Crippen LogP contribution is -2.05. The second kappa shape index (κ2) is 11.9. The Hall–Kier alpha value is -3.09. The van der Waals surface area contributed by atoms with Crippen LogP contribution in [0.2, 0.25) is 0 Å². The van der Waals surface area contributed by atoms with Gasteiger partial charge in [-0.15, -0.1) is 0 Å². The largest absolute Gasteiger partial charge is 0.491 e. The summed E-state index contributed by atoms with van der Waals surface area (Å²) in [6.07, 6.45) is 0.0623. The van der Waals surface area contributed by atoms with E-state index in [1.807, 2.05) is 12.1 Å². The Balaban J connectivity index is 1.75. The van der Waals surface area contributed by atoms with E-state index in [1.54, 1.807) is 6.92 Å². The van der Waals surface area contributed by atoms with Crippen LogP contribution in [0.1, 0.15) is 49.8 Å². The molecule has 0 N–H and O–H groups in total. The molecule has 0 unspecified atom stereocenters. The van der Waals surface area contributed by atoms with Gasteiger partial charge >= 0.3 is 0 Å². The highest BCUT2D eigenvalue weighted by Crippen LogP contribution is 2.39. The lowest BCUT2D eigenvalue weighted by Gasteiger charge is -2.16. The molecule has 3 rings (SSSR count). The predicted molar refractivity (Wildman–Crippen MR) is 122 cm³/mol. The van der Waals surface area contributed by atoms with E-state index in [1.165, 1.54) is 5.56 Å². The molecule has 0 aliphatic rings. The second-order valence-electron chi connectivity index (χ2n) is 7.83. The summed E-state index contributed by atoms with van der Waals surface area (Å²) < 4.78 is 81.6. The van der Waals surface area contributed by atoms with Crippen LogP contribution in [-0.2, 0) is 12.8 Å². The minimum Gasteiger partial charge on any atom is -0.491 e. The molecule has 3 aromatic rings. The summed E-state index contributed by atoms with van der Waals surface area (Å²) in [6, 6.07) is 12.7. The molecular weight excluding hydrogens is 451 g/mol. The van der Waals surface area contributed by atoms with Gasteiger partial charge < -0.3 is 9.47 Å². The lowest BCUT2D eigenvalue weighted by atomic mass is 9.98. The molecule has 182 valence electrons. The van der Waals surface area contributed by atoms with Gasteiger partial charge in [-0.05, 0) is 67.1 Å². The average molecular weight is 479 g/mol. The lowest BCUT2D eigenvalue weighted by molar-refractivity contribution is 0.145. The van der Waals surface area contributed by atoms with Gasteiger partial charge in [-0.1, -0.05) is 37.6 Å². The first-order valence-corrected chi connectivity index (χ1v) is 11.3. The Labute approximate surface area is 196 Å². The topological polar surface area (TPSA) is 18.5 Å². The molecular formula is C27H27F5O2. The van der Waals surface area contributed by atoms with E-state index < -0.39 is 40.6 Å². The van der Waals surface area contributed by atoms with Gasteiger partial charge in [-0.25, -0.2) is 17.6 Å². The number of hydrogen-bond donors (Lipinski definition) is 0. The van der Waals surface area contributed by atoms with Gasteiger partial charge in [0.25, 0.3) is 6.43 Å². The van der Waals surface area contributed by atoms with Crippen molar-refractivity contribution in [3.8, 4) is 22.6 Å². The molecule has 0 bridgehead atoms. The van der Waals surface area contributed by atoms with E-state index in [4.69, 9.17) is 9.47 Å². The number of aryl methyl sites for hydroxylation is 2. The monoisotopic (exact) mass is 478 g/mol. The normalized spacial score (nSPS) is 11.2. The van der Waals surface area contributed by atoms with Crippen LogP contribution in [0.5, 0.6) is 11.5 Å². The Morgan fingerprint density at radius 1 is 0.676 bits per heavy atom. The Morgan fingerprint density at radius 3 is 1.85 bits per heavy atom. The molecule has 0 heterocycles. The molecule has 0 aliphatic heterocycles. The standard InChI is InChI=1S/C27H27F5O2/c1-3-6-17-8-10-18(11-9-17)7-5-16-34-21-14-12-19(23(25(21)29)27(31)32)20-13-15-22(33-4-2)26(30)24(20)28/h8-15,27H,3-7,16H2,1-2H3. The molecule has 3 aromatic carbocycles. The number of hydrogen-bond acceptors (Lipinski definition) is 2. The van der Waals surface area contributed by atoms with Gasteiger partial charge in [0.2, 0.25) is 5.82 Å². The van der Waals surface area contributed by atoms with Crippen molar-refractivity contribution in [3.05, 3.63) is 82.7 Å². The number of benzene rings is 3. The smallest absolute Gasteiger partial charge is 0.267 e. The number of alkyl halides is 2. The van der Waals surface area contributed by atoms with Crippen molar-refractivity contribution in [2.24, 2.45) is 0 Å². The number of halogens is 5. The van der Waals surface area contributed by atoms with Crippen molar-refractivity contribution in [3.63, 3.8) is 0 Å². The first kappa shape index (κ1) is 25.5. The third-order valence-corrected chi connectivity index (χ3v) is 5.43. The summed E-state index contributed by atoms with van der Waals surface area (Å²) in [7, 11) is 0. The van der Waals surface area contributed by atoms with E-state index in [2.05, 4.69) is 19.1 Å². The summed E-state index contributed by atoms with van der Waals surface area (Å²) in [4.78, 5) is 0. The Bertz CT molecular complexity index is 1100. The van der Waals surface area contributed by atoms with Crippen molar-refractivity contribution in [2.45, 2.75) is 46.0 Å². The maximum absolute atomic E-state index is 14.9. The second-order valence-corrected chi connectivity index (χ2v) is 7.83. The fourth-order valence-electron chi connectivity index (χ4n) is 3.76. The molecule has 0 saturated heterocycles. The van der Waals surface area contributed by atoms with Crippen molar-refractivity contribution in [2.75, 3.05) is 13.2 Å². The van der Waals surface area contributed by atoms with E-state index in [0.29, 0.717) is 12.8 Å². The van der Waals surface area contributed by atoms with E-state index >= 15 is 0 Å². The quantitative estimate of drug-likeness (QED) is 0.205. The highest BCUT2D eigenvalue weighted by molar-refractivity contribution is 5.70. The molecule has 0 aromatic heterocycles. The van der Waals surface area contributed by atoms with Crippen LogP contribution in [0.4, 0.5) is 22.0 Å². The molecule has 0 fully saturated rings. The van der Waals surface area contributed by atoms with Gasteiger partial charge in [0.05, 0.1) is 18.8 Å². The van der Waals surface area contributed by atoms with Crippen LogP contribution in [0.25, 0.3) is 11.1 Å². The summed E-state index contributed by atoms with van der Waals surface area (Å²) in [6.45, 7) is 3.92. The Morgan fingerprint density at radius 2 is 1.26 bits per heavy atom. The summed E-state index contributed by atoms with van der Waals surface area (Å²) in [5.74, 6) is -4.69. The highest BCUT2D eigenvalue weighted by Gasteiger charge is 2.26. The van der Waals surface area contributed by atoms with Crippen LogP contribution in [0, 0.1) is 17.5 Å². The van der Waals surface area contributed by atoms with Crippen LogP contribution in [0.3, 0.4) is 0 Å². The maximum atomic E-state index is 14.9. The van der Waals surface area contributed by atoms with E-state index in [-0.39, 0.29) is 24.7 Å². The van der Waals surface area contributed by atoms with Gasteiger partial charge in [-0.3, -0.25) is 0 Å². The van der Waals surface area contributed by atoms with Crippen molar-refractivity contribution in [1.29, 1.82) is 0 Å².